The van der Waals surface area contributed by atoms with Crippen LogP contribution in [0.15, 0.2) is 43.3 Å². The minimum Gasteiger partial charge on any atom is -0.357 e. The number of aromatic amines is 3. The highest BCUT2D eigenvalue weighted by molar-refractivity contribution is 5.69. The fourth-order valence-corrected chi connectivity index (χ4v) is 2.56. The summed E-state index contributed by atoms with van der Waals surface area (Å²) >= 11 is 0. The molecule has 126 valence electrons. The SMILES string of the molecule is C=C/C=C\c1cc(-c2n[nH]/c(=C/C=C(\C)c3cn[nH]c3)c2=C)[nH]c1C. The van der Waals surface area contributed by atoms with Crippen molar-refractivity contribution in [1.29, 1.82) is 0 Å². The molecule has 0 aliphatic carbocycles. The molecule has 3 aromatic heterocycles. The largest absolute Gasteiger partial charge is 0.357 e. The molecule has 0 radical (unpaired) electrons. The number of hydrogen-bond donors (Lipinski definition) is 3. The molecule has 3 rings (SSSR count). The van der Waals surface area contributed by atoms with Crippen LogP contribution in [0.3, 0.4) is 0 Å². The van der Waals surface area contributed by atoms with Crippen molar-refractivity contribution in [3.63, 3.8) is 0 Å². The standard InChI is InChI=1S/C20H21N5/c1-5-6-7-16-10-19(23-15(16)4)20-14(3)18(24-25-20)9-8-13(2)17-11-21-22-12-17/h5-12,23-24H,1,3H2,2,4H3,(H,21,22)/b7-6-,13-8+,18-9+. The average Bonchev–Trinajstić information content (AvgIpc) is 3.32. The van der Waals surface area contributed by atoms with Gasteiger partial charge in [0, 0.05) is 22.7 Å². The smallest absolute Gasteiger partial charge is 0.116 e. The molecular formula is C20H21N5. The fraction of sp³-hybridized carbons (Fsp3) is 0.100. The normalized spacial score (nSPS) is 13.0. The summed E-state index contributed by atoms with van der Waals surface area (Å²) in [7, 11) is 0. The molecule has 3 N–H and O–H groups in total. The Balaban J connectivity index is 1.95. The van der Waals surface area contributed by atoms with Crippen molar-refractivity contribution < 1.29 is 0 Å². The van der Waals surface area contributed by atoms with Crippen LogP contribution in [-0.4, -0.2) is 25.4 Å². The van der Waals surface area contributed by atoms with Crippen molar-refractivity contribution in [2.75, 3.05) is 0 Å². The summed E-state index contributed by atoms with van der Waals surface area (Å²) in [6, 6.07) is 2.07. The third-order valence-electron chi connectivity index (χ3n) is 4.07. The van der Waals surface area contributed by atoms with Crippen molar-refractivity contribution in [1.82, 2.24) is 25.4 Å². The van der Waals surface area contributed by atoms with E-state index in [1.165, 1.54) is 0 Å². The first kappa shape index (κ1) is 16.5. The Labute approximate surface area is 146 Å². The first-order valence-corrected chi connectivity index (χ1v) is 8.00. The lowest BCUT2D eigenvalue weighted by Crippen LogP contribution is -2.21. The van der Waals surface area contributed by atoms with Gasteiger partial charge in [-0.25, -0.2) is 0 Å². The Hall–Kier alpha value is -3.34. The molecule has 0 aliphatic rings. The van der Waals surface area contributed by atoms with Crippen LogP contribution in [0, 0.1) is 6.92 Å². The summed E-state index contributed by atoms with van der Waals surface area (Å²) in [6.45, 7) is 11.9. The van der Waals surface area contributed by atoms with Gasteiger partial charge >= 0.3 is 0 Å². The third-order valence-corrected chi connectivity index (χ3v) is 4.07. The van der Waals surface area contributed by atoms with E-state index in [0.717, 1.165) is 44.3 Å². The number of nitrogens with zero attached hydrogens (tertiary/aromatic N) is 2. The van der Waals surface area contributed by atoms with E-state index in [2.05, 4.69) is 44.6 Å². The molecule has 0 aromatic carbocycles. The molecule has 0 amide bonds. The van der Waals surface area contributed by atoms with Gasteiger partial charge in [-0.2, -0.15) is 10.2 Å². The molecule has 5 nitrogen and oxygen atoms in total. The zero-order valence-corrected chi connectivity index (χ0v) is 14.4. The van der Waals surface area contributed by atoms with Gasteiger partial charge in [0.05, 0.1) is 17.2 Å². The molecule has 3 aromatic rings. The molecule has 25 heavy (non-hydrogen) atoms. The second-order valence-electron chi connectivity index (χ2n) is 5.83. The Bertz CT molecular complexity index is 1040. The fourth-order valence-electron chi connectivity index (χ4n) is 2.56. The van der Waals surface area contributed by atoms with Gasteiger partial charge in [-0.1, -0.05) is 37.5 Å². The number of aromatic nitrogens is 5. The topological polar surface area (TPSA) is 73.2 Å². The average molecular weight is 331 g/mol. The van der Waals surface area contributed by atoms with E-state index < -0.39 is 0 Å². The van der Waals surface area contributed by atoms with Crippen LogP contribution in [0.1, 0.15) is 23.7 Å². The van der Waals surface area contributed by atoms with Gasteiger partial charge in [0.2, 0.25) is 0 Å². The third kappa shape index (κ3) is 3.45. The molecule has 0 saturated heterocycles. The predicted octanol–water partition coefficient (Wildman–Crippen LogP) is 2.93. The van der Waals surface area contributed by atoms with Gasteiger partial charge in [-0.05, 0) is 37.1 Å². The maximum Gasteiger partial charge on any atom is 0.116 e. The second-order valence-corrected chi connectivity index (χ2v) is 5.83. The molecular weight excluding hydrogens is 310 g/mol. The lowest BCUT2D eigenvalue weighted by Gasteiger charge is -1.91. The summed E-state index contributed by atoms with van der Waals surface area (Å²) < 4.78 is 0. The van der Waals surface area contributed by atoms with Gasteiger partial charge in [0.1, 0.15) is 5.69 Å². The molecule has 0 atom stereocenters. The van der Waals surface area contributed by atoms with Crippen molar-refractivity contribution in [2.24, 2.45) is 0 Å². The Kier molecular flexibility index (Phi) is 4.66. The maximum absolute atomic E-state index is 4.42. The van der Waals surface area contributed by atoms with E-state index in [9.17, 15) is 0 Å². The van der Waals surface area contributed by atoms with E-state index in [1.807, 2.05) is 44.3 Å². The highest BCUT2D eigenvalue weighted by Gasteiger charge is 2.08. The van der Waals surface area contributed by atoms with Crippen LogP contribution >= 0.6 is 0 Å². The summed E-state index contributed by atoms with van der Waals surface area (Å²) in [5, 5.41) is 16.0. The molecule has 3 heterocycles. The van der Waals surface area contributed by atoms with E-state index in [1.54, 1.807) is 12.3 Å². The number of hydrogen-bond acceptors (Lipinski definition) is 2. The Morgan fingerprint density at radius 3 is 2.88 bits per heavy atom. The number of aryl methyl sites for hydroxylation is 1. The van der Waals surface area contributed by atoms with Crippen LogP contribution in [0.25, 0.3) is 35.7 Å². The van der Waals surface area contributed by atoms with Crippen molar-refractivity contribution in [2.45, 2.75) is 13.8 Å². The van der Waals surface area contributed by atoms with Gasteiger partial charge in [-0.15, -0.1) is 0 Å². The number of H-pyrrole nitrogens is 3. The zero-order chi connectivity index (χ0) is 17.8. The molecule has 0 bridgehead atoms. The molecule has 0 spiro atoms. The van der Waals surface area contributed by atoms with Crippen molar-refractivity contribution >= 4 is 24.3 Å². The minimum atomic E-state index is 0.821. The van der Waals surface area contributed by atoms with Gasteiger partial charge < -0.3 is 4.98 Å². The quantitative estimate of drug-likeness (QED) is 0.629. The molecule has 5 heteroatoms. The first-order valence-electron chi connectivity index (χ1n) is 8.00. The van der Waals surface area contributed by atoms with Crippen LogP contribution in [0.4, 0.5) is 0 Å². The van der Waals surface area contributed by atoms with Gasteiger partial charge in [-0.3, -0.25) is 10.2 Å². The predicted molar refractivity (Wildman–Crippen MR) is 104 cm³/mol. The number of nitrogens with one attached hydrogen (secondary N) is 3. The van der Waals surface area contributed by atoms with Crippen molar-refractivity contribution in [3.05, 3.63) is 70.7 Å². The Morgan fingerprint density at radius 1 is 1.32 bits per heavy atom. The summed E-state index contributed by atoms with van der Waals surface area (Å²) in [4.78, 5) is 3.36. The van der Waals surface area contributed by atoms with E-state index in [4.69, 9.17) is 0 Å². The monoisotopic (exact) mass is 331 g/mol. The Morgan fingerprint density at radius 2 is 2.16 bits per heavy atom. The van der Waals surface area contributed by atoms with Crippen LogP contribution in [0.5, 0.6) is 0 Å². The van der Waals surface area contributed by atoms with E-state index >= 15 is 0 Å². The van der Waals surface area contributed by atoms with E-state index in [-0.39, 0.29) is 0 Å². The van der Waals surface area contributed by atoms with Crippen LogP contribution in [0.2, 0.25) is 0 Å². The summed E-state index contributed by atoms with van der Waals surface area (Å²) in [5.41, 5.74) is 6.12. The molecule has 0 saturated carbocycles. The summed E-state index contributed by atoms with van der Waals surface area (Å²) in [5.74, 6) is 0. The van der Waals surface area contributed by atoms with Crippen LogP contribution in [-0.2, 0) is 0 Å². The van der Waals surface area contributed by atoms with Crippen molar-refractivity contribution in [3.8, 4) is 11.4 Å². The molecule has 0 fully saturated rings. The molecule has 0 unspecified atom stereocenters. The summed E-state index contributed by atoms with van der Waals surface area (Å²) in [6.07, 6.45) is 13.4. The lowest BCUT2D eigenvalue weighted by atomic mass is 10.1. The zero-order valence-electron chi connectivity index (χ0n) is 14.4. The second kappa shape index (κ2) is 7.05. The lowest BCUT2D eigenvalue weighted by molar-refractivity contribution is 1.06. The first-order chi connectivity index (χ1) is 12.1. The number of rotatable bonds is 5. The van der Waals surface area contributed by atoms with Crippen LogP contribution < -0.4 is 10.6 Å². The highest BCUT2D eigenvalue weighted by atomic mass is 15.1. The van der Waals surface area contributed by atoms with E-state index in [0.29, 0.717) is 0 Å². The van der Waals surface area contributed by atoms with Gasteiger partial charge in [0.15, 0.2) is 0 Å². The minimum absolute atomic E-state index is 0.821. The molecule has 0 aliphatic heterocycles. The van der Waals surface area contributed by atoms with Gasteiger partial charge in [0.25, 0.3) is 0 Å². The number of allylic oxidation sites excluding steroid dienone is 4. The maximum atomic E-state index is 4.42. The highest BCUT2D eigenvalue weighted by Crippen LogP contribution is 2.18.